The van der Waals surface area contributed by atoms with Gasteiger partial charge in [-0.2, -0.15) is 4.31 Å². The van der Waals surface area contributed by atoms with Crippen molar-refractivity contribution < 1.29 is 22.4 Å². The molecule has 3 rings (SSSR count). The fourth-order valence-corrected chi connectivity index (χ4v) is 4.53. The Kier molecular flexibility index (Phi) is 5.17. The Hall–Kier alpha value is -2.16. The molecule has 0 radical (unpaired) electrons. The van der Waals surface area contributed by atoms with Crippen molar-refractivity contribution in [2.45, 2.75) is 37.9 Å². The smallest absolute Gasteiger partial charge is 0.291 e. The Morgan fingerprint density at radius 3 is 2.23 bits per heavy atom. The van der Waals surface area contributed by atoms with Crippen LogP contribution in [0.3, 0.4) is 0 Å². The number of benzene rings is 1. The van der Waals surface area contributed by atoms with E-state index in [1.807, 2.05) is 13.8 Å². The molecule has 140 valence electrons. The van der Waals surface area contributed by atoms with Crippen molar-refractivity contribution >= 4 is 21.6 Å². The second-order valence-corrected chi connectivity index (χ2v) is 8.41. The second-order valence-electron chi connectivity index (χ2n) is 6.47. The number of aryl methyl sites for hydroxylation is 1. The van der Waals surface area contributed by atoms with Crippen molar-refractivity contribution in [2.24, 2.45) is 0 Å². The van der Waals surface area contributed by atoms with E-state index >= 15 is 0 Å². The second kappa shape index (κ2) is 7.22. The molecule has 1 aromatic carbocycles. The minimum atomic E-state index is -3.60. The number of nitrogens with one attached hydrogen (secondary N) is 1. The first-order valence-electron chi connectivity index (χ1n) is 8.39. The quantitative estimate of drug-likeness (QED) is 0.883. The molecule has 1 saturated heterocycles. The van der Waals surface area contributed by atoms with E-state index in [2.05, 4.69) is 5.32 Å². The number of carbonyl (C=O) groups is 1. The molecule has 7 nitrogen and oxygen atoms in total. The largest absolute Gasteiger partial charge is 0.456 e. The number of carbonyl (C=O) groups excluding carboxylic acids is 1. The number of rotatable bonds is 4. The van der Waals surface area contributed by atoms with Gasteiger partial charge in [0.15, 0.2) is 5.76 Å². The monoisotopic (exact) mass is 378 g/mol. The Balaban J connectivity index is 1.73. The van der Waals surface area contributed by atoms with E-state index in [0.29, 0.717) is 24.5 Å². The summed E-state index contributed by atoms with van der Waals surface area (Å²) in [7, 11) is -3.60. The summed E-state index contributed by atoms with van der Waals surface area (Å²) in [5.41, 5.74) is 0.492. The number of furan rings is 1. The molecule has 1 aromatic heterocycles. The molecule has 0 aliphatic carbocycles. The van der Waals surface area contributed by atoms with Crippen LogP contribution >= 0.6 is 0 Å². The molecule has 1 N–H and O–H groups in total. The average molecular weight is 378 g/mol. The highest BCUT2D eigenvalue weighted by Gasteiger charge is 2.32. The van der Waals surface area contributed by atoms with Crippen molar-refractivity contribution in [1.29, 1.82) is 0 Å². The van der Waals surface area contributed by atoms with Crippen molar-refractivity contribution in [1.82, 2.24) is 4.31 Å². The molecule has 0 bridgehead atoms. The number of ether oxygens (including phenoxy) is 1. The van der Waals surface area contributed by atoms with Gasteiger partial charge in [0, 0.05) is 18.8 Å². The molecular formula is C18H22N2O5S. The normalized spacial score (nSPS) is 21.5. The van der Waals surface area contributed by atoms with E-state index in [9.17, 15) is 13.2 Å². The Labute approximate surface area is 153 Å². The minimum absolute atomic E-state index is 0.149. The lowest BCUT2D eigenvalue weighted by atomic mass is 10.3. The summed E-state index contributed by atoms with van der Waals surface area (Å²) in [6, 6.07) is 9.40. The highest BCUT2D eigenvalue weighted by Crippen LogP contribution is 2.22. The number of hydrogen-bond acceptors (Lipinski definition) is 5. The van der Waals surface area contributed by atoms with Gasteiger partial charge in [-0.25, -0.2) is 8.42 Å². The van der Waals surface area contributed by atoms with Crippen molar-refractivity contribution in [2.75, 3.05) is 18.4 Å². The van der Waals surface area contributed by atoms with E-state index in [-0.39, 0.29) is 28.8 Å². The van der Waals surface area contributed by atoms with Gasteiger partial charge in [0.1, 0.15) is 5.76 Å². The number of amides is 1. The van der Waals surface area contributed by atoms with Gasteiger partial charge in [-0.15, -0.1) is 0 Å². The highest BCUT2D eigenvalue weighted by molar-refractivity contribution is 7.89. The van der Waals surface area contributed by atoms with Crippen LogP contribution in [0.1, 0.15) is 30.2 Å². The predicted octanol–water partition coefficient (Wildman–Crippen LogP) is 2.64. The molecule has 0 saturated carbocycles. The van der Waals surface area contributed by atoms with E-state index in [1.54, 1.807) is 31.2 Å². The molecular weight excluding hydrogens is 356 g/mol. The number of anilines is 1. The predicted molar refractivity (Wildman–Crippen MR) is 96.6 cm³/mol. The van der Waals surface area contributed by atoms with E-state index in [1.165, 1.54) is 16.4 Å². The maximum absolute atomic E-state index is 12.8. The number of nitrogens with zero attached hydrogens (tertiary/aromatic N) is 1. The molecule has 2 aromatic rings. The van der Waals surface area contributed by atoms with Crippen molar-refractivity contribution in [3.63, 3.8) is 0 Å². The summed E-state index contributed by atoms with van der Waals surface area (Å²) in [6.07, 6.45) is -0.298. The van der Waals surface area contributed by atoms with Crippen LogP contribution < -0.4 is 5.32 Å². The first-order valence-corrected chi connectivity index (χ1v) is 9.83. The molecule has 2 heterocycles. The van der Waals surface area contributed by atoms with Gasteiger partial charge in [-0.1, -0.05) is 0 Å². The van der Waals surface area contributed by atoms with Crippen LogP contribution in [0.5, 0.6) is 0 Å². The molecule has 1 aliphatic rings. The summed E-state index contributed by atoms with van der Waals surface area (Å²) in [6.45, 7) is 6.11. The number of morpholine rings is 1. The Morgan fingerprint density at radius 2 is 1.69 bits per heavy atom. The van der Waals surface area contributed by atoms with E-state index < -0.39 is 10.0 Å². The third kappa shape index (κ3) is 3.98. The van der Waals surface area contributed by atoms with Gasteiger partial charge < -0.3 is 14.5 Å². The average Bonchev–Trinajstić information content (AvgIpc) is 3.01. The van der Waals surface area contributed by atoms with Gasteiger partial charge in [-0.3, -0.25) is 4.79 Å². The maximum atomic E-state index is 12.8. The van der Waals surface area contributed by atoms with Crippen LogP contribution in [-0.4, -0.2) is 43.9 Å². The van der Waals surface area contributed by atoms with Crippen LogP contribution in [0.15, 0.2) is 45.7 Å². The van der Waals surface area contributed by atoms with Gasteiger partial charge in [-0.05, 0) is 57.2 Å². The topological polar surface area (TPSA) is 88.9 Å². The Morgan fingerprint density at radius 1 is 1.08 bits per heavy atom. The zero-order valence-electron chi connectivity index (χ0n) is 14.9. The van der Waals surface area contributed by atoms with E-state index in [4.69, 9.17) is 9.15 Å². The summed E-state index contributed by atoms with van der Waals surface area (Å²) in [4.78, 5) is 12.3. The first kappa shape index (κ1) is 18.6. The minimum Gasteiger partial charge on any atom is -0.456 e. The zero-order chi connectivity index (χ0) is 18.9. The SMILES string of the molecule is Cc1ccc(C(=O)Nc2ccc(S(=O)(=O)N3CC(C)OC(C)C3)cc2)o1. The first-order chi connectivity index (χ1) is 12.3. The highest BCUT2D eigenvalue weighted by atomic mass is 32.2. The summed E-state index contributed by atoms with van der Waals surface area (Å²) in [5, 5.41) is 2.68. The molecule has 1 aliphatic heterocycles. The lowest BCUT2D eigenvalue weighted by molar-refractivity contribution is -0.0440. The fraction of sp³-hybridized carbons (Fsp3) is 0.389. The molecule has 8 heteroatoms. The fourth-order valence-electron chi connectivity index (χ4n) is 2.94. The lowest BCUT2D eigenvalue weighted by Gasteiger charge is -2.34. The summed E-state index contributed by atoms with van der Waals surface area (Å²) < 4.78 is 37.9. The molecule has 0 spiro atoms. The van der Waals surface area contributed by atoms with Crippen LogP contribution in [0.2, 0.25) is 0 Å². The van der Waals surface area contributed by atoms with Gasteiger partial charge in [0.25, 0.3) is 5.91 Å². The Bertz CT molecular complexity index is 879. The maximum Gasteiger partial charge on any atom is 0.291 e. The molecule has 2 unspecified atom stereocenters. The number of hydrogen-bond donors (Lipinski definition) is 1. The summed E-state index contributed by atoms with van der Waals surface area (Å²) >= 11 is 0. The van der Waals surface area contributed by atoms with Crippen LogP contribution in [0.4, 0.5) is 5.69 Å². The molecule has 1 amide bonds. The third-order valence-corrected chi connectivity index (χ3v) is 5.95. The van der Waals surface area contributed by atoms with Crippen LogP contribution in [-0.2, 0) is 14.8 Å². The zero-order valence-corrected chi connectivity index (χ0v) is 15.7. The van der Waals surface area contributed by atoms with E-state index in [0.717, 1.165) is 0 Å². The van der Waals surface area contributed by atoms with Gasteiger partial charge >= 0.3 is 0 Å². The standard InChI is InChI=1S/C18H22N2O5S/c1-12-4-9-17(25-12)18(21)19-15-5-7-16(8-6-15)26(22,23)20-10-13(2)24-14(3)11-20/h4-9,13-14H,10-11H2,1-3H3,(H,19,21). The van der Waals surface area contributed by atoms with Crippen molar-refractivity contribution in [3.8, 4) is 0 Å². The van der Waals surface area contributed by atoms with Gasteiger partial charge in [0.05, 0.1) is 17.1 Å². The molecule has 2 atom stereocenters. The van der Waals surface area contributed by atoms with Crippen LogP contribution in [0, 0.1) is 6.92 Å². The molecule has 26 heavy (non-hydrogen) atoms. The van der Waals surface area contributed by atoms with Gasteiger partial charge in [0.2, 0.25) is 10.0 Å². The van der Waals surface area contributed by atoms with Crippen LogP contribution in [0.25, 0.3) is 0 Å². The molecule has 1 fully saturated rings. The lowest BCUT2D eigenvalue weighted by Crippen LogP contribution is -2.48. The summed E-state index contributed by atoms with van der Waals surface area (Å²) in [5.74, 6) is 0.464. The number of sulfonamides is 1. The third-order valence-electron chi connectivity index (χ3n) is 4.10. The van der Waals surface area contributed by atoms with Crippen molar-refractivity contribution in [3.05, 3.63) is 47.9 Å².